The molecule has 0 saturated heterocycles. The average Bonchev–Trinajstić information content (AvgIpc) is 2.68. The molecule has 1 aliphatic heterocycles. The highest BCUT2D eigenvalue weighted by molar-refractivity contribution is 6.00. The van der Waals surface area contributed by atoms with E-state index in [4.69, 9.17) is 4.74 Å². The molecule has 128 valence electrons. The minimum atomic E-state index is -0.216. The second-order valence-electron chi connectivity index (χ2n) is 6.10. The Kier molecular flexibility index (Phi) is 4.19. The number of rotatable bonds is 4. The number of carbonyl (C=O) groups is 2. The van der Waals surface area contributed by atoms with E-state index in [-0.39, 0.29) is 24.8 Å². The summed E-state index contributed by atoms with van der Waals surface area (Å²) >= 11 is 0. The summed E-state index contributed by atoms with van der Waals surface area (Å²) in [5.41, 5.74) is 3.22. The Bertz CT molecular complexity index is 984. The number of hydrogen-bond donors (Lipinski definition) is 1. The standard InChI is InChI=1S/C21H16N2O3/c24-19(16-8-9-20-18(11-16)22-21(25)14-26-20)13-23-10-4-7-17(12-23)15-5-2-1-3-6-15/h1-12H,13-14H2/p+1. The zero-order valence-corrected chi connectivity index (χ0v) is 14.0. The van der Waals surface area contributed by atoms with Crippen molar-refractivity contribution in [2.24, 2.45) is 0 Å². The molecule has 1 aliphatic rings. The summed E-state index contributed by atoms with van der Waals surface area (Å²) in [7, 11) is 0. The van der Waals surface area contributed by atoms with E-state index in [1.165, 1.54) is 0 Å². The minimum Gasteiger partial charge on any atom is -0.482 e. The summed E-state index contributed by atoms with van der Waals surface area (Å²) in [6, 6.07) is 19.1. The van der Waals surface area contributed by atoms with Gasteiger partial charge in [0, 0.05) is 17.2 Å². The van der Waals surface area contributed by atoms with Crippen LogP contribution in [-0.2, 0) is 11.3 Å². The summed E-state index contributed by atoms with van der Waals surface area (Å²) in [6.07, 6.45) is 3.82. The van der Waals surface area contributed by atoms with Gasteiger partial charge in [-0.2, -0.15) is 4.57 Å². The van der Waals surface area contributed by atoms with Gasteiger partial charge in [-0.1, -0.05) is 30.3 Å². The van der Waals surface area contributed by atoms with Crippen molar-refractivity contribution in [1.82, 2.24) is 0 Å². The molecule has 0 radical (unpaired) electrons. The zero-order valence-electron chi connectivity index (χ0n) is 14.0. The van der Waals surface area contributed by atoms with Gasteiger partial charge >= 0.3 is 0 Å². The van der Waals surface area contributed by atoms with Gasteiger partial charge in [0.1, 0.15) is 5.75 Å². The quantitative estimate of drug-likeness (QED) is 0.584. The fourth-order valence-corrected chi connectivity index (χ4v) is 2.94. The first-order chi connectivity index (χ1) is 12.7. The van der Waals surface area contributed by atoms with Gasteiger partial charge in [-0.05, 0) is 29.8 Å². The molecule has 0 spiro atoms. The first-order valence-corrected chi connectivity index (χ1v) is 8.33. The number of pyridine rings is 1. The van der Waals surface area contributed by atoms with Gasteiger partial charge in [0.15, 0.2) is 19.0 Å². The van der Waals surface area contributed by atoms with E-state index in [2.05, 4.69) is 5.32 Å². The molecule has 0 bridgehead atoms. The third kappa shape index (κ3) is 3.32. The van der Waals surface area contributed by atoms with Gasteiger partial charge in [-0.25, -0.2) is 0 Å². The largest absolute Gasteiger partial charge is 0.482 e. The van der Waals surface area contributed by atoms with Gasteiger partial charge in [0.05, 0.1) is 5.69 Å². The summed E-state index contributed by atoms with van der Waals surface area (Å²) in [5, 5.41) is 2.73. The van der Waals surface area contributed by atoms with E-state index in [0.717, 1.165) is 11.1 Å². The lowest BCUT2D eigenvalue weighted by molar-refractivity contribution is -0.682. The van der Waals surface area contributed by atoms with E-state index < -0.39 is 0 Å². The summed E-state index contributed by atoms with van der Waals surface area (Å²) in [4.78, 5) is 24.1. The highest BCUT2D eigenvalue weighted by Gasteiger charge is 2.19. The second-order valence-corrected chi connectivity index (χ2v) is 6.10. The van der Waals surface area contributed by atoms with E-state index in [1.54, 1.807) is 18.2 Å². The van der Waals surface area contributed by atoms with Crippen molar-refractivity contribution >= 4 is 17.4 Å². The molecule has 26 heavy (non-hydrogen) atoms. The Labute approximate surface area is 150 Å². The van der Waals surface area contributed by atoms with Crippen LogP contribution < -0.4 is 14.6 Å². The number of nitrogens with zero attached hydrogens (tertiary/aromatic N) is 1. The van der Waals surface area contributed by atoms with Crippen LogP contribution in [0.2, 0.25) is 0 Å². The van der Waals surface area contributed by atoms with Gasteiger partial charge in [0.25, 0.3) is 5.91 Å². The molecule has 1 amide bonds. The third-order valence-electron chi connectivity index (χ3n) is 4.23. The fourth-order valence-electron chi connectivity index (χ4n) is 2.94. The highest BCUT2D eigenvalue weighted by Crippen LogP contribution is 2.28. The molecular formula is C21H17N2O3+. The SMILES string of the molecule is O=C1COc2ccc(C(=O)C[n+]3cccc(-c4ccccc4)c3)cc2N1. The maximum atomic E-state index is 12.7. The molecule has 0 saturated carbocycles. The molecular weight excluding hydrogens is 328 g/mol. The van der Waals surface area contributed by atoms with Crippen molar-refractivity contribution in [2.45, 2.75) is 6.54 Å². The van der Waals surface area contributed by atoms with Crippen LogP contribution in [0.25, 0.3) is 11.1 Å². The first kappa shape index (κ1) is 16.0. The number of ketones is 1. The molecule has 5 heteroatoms. The number of fused-ring (bicyclic) bond motifs is 1. The topological polar surface area (TPSA) is 59.3 Å². The van der Waals surface area contributed by atoms with Crippen LogP contribution >= 0.6 is 0 Å². The molecule has 2 heterocycles. The van der Waals surface area contributed by atoms with Crippen molar-refractivity contribution in [2.75, 3.05) is 11.9 Å². The Morgan fingerprint density at radius 3 is 2.69 bits per heavy atom. The van der Waals surface area contributed by atoms with Crippen LogP contribution in [0.4, 0.5) is 5.69 Å². The van der Waals surface area contributed by atoms with Crippen molar-refractivity contribution in [3.8, 4) is 16.9 Å². The van der Waals surface area contributed by atoms with E-state index >= 15 is 0 Å². The van der Waals surface area contributed by atoms with Gasteiger partial charge in [-0.15, -0.1) is 0 Å². The fraction of sp³-hybridized carbons (Fsp3) is 0.0952. The Morgan fingerprint density at radius 1 is 1.04 bits per heavy atom. The molecule has 1 N–H and O–H groups in total. The number of Topliss-reactive ketones (excluding diaryl/α,β-unsaturated/α-hetero) is 1. The molecule has 0 fully saturated rings. The lowest BCUT2D eigenvalue weighted by Crippen LogP contribution is -2.37. The van der Waals surface area contributed by atoms with Crippen LogP contribution in [0.1, 0.15) is 10.4 Å². The monoisotopic (exact) mass is 345 g/mol. The molecule has 5 nitrogen and oxygen atoms in total. The van der Waals surface area contributed by atoms with Crippen LogP contribution in [0.3, 0.4) is 0 Å². The number of benzene rings is 2. The molecule has 0 aliphatic carbocycles. The van der Waals surface area contributed by atoms with Gasteiger partial charge < -0.3 is 10.1 Å². The van der Waals surface area contributed by atoms with E-state index in [1.807, 2.05) is 59.4 Å². The van der Waals surface area contributed by atoms with Crippen LogP contribution in [0.15, 0.2) is 73.1 Å². The van der Waals surface area contributed by atoms with Crippen LogP contribution in [0.5, 0.6) is 5.75 Å². The number of aromatic nitrogens is 1. The lowest BCUT2D eigenvalue weighted by Gasteiger charge is -2.18. The molecule has 2 aromatic carbocycles. The molecule has 1 aromatic heterocycles. The number of nitrogens with one attached hydrogen (secondary N) is 1. The molecule has 0 atom stereocenters. The third-order valence-corrected chi connectivity index (χ3v) is 4.23. The minimum absolute atomic E-state index is 0.00240. The Balaban J connectivity index is 1.55. The normalized spacial score (nSPS) is 12.7. The summed E-state index contributed by atoms with van der Waals surface area (Å²) in [6.45, 7) is 0.219. The predicted octanol–water partition coefficient (Wildman–Crippen LogP) is 2.85. The highest BCUT2D eigenvalue weighted by atomic mass is 16.5. The van der Waals surface area contributed by atoms with Crippen LogP contribution in [-0.4, -0.2) is 18.3 Å². The number of hydrogen-bond acceptors (Lipinski definition) is 3. The first-order valence-electron chi connectivity index (χ1n) is 8.33. The summed E-state index contributed by atoms with van der Waals surface area (Å²) < 4.78 is 7.19. The lowest BCUT2D eigenvalue weighted by atomic mass is 10.1. The smallest absolute Gasteiger partial charge is 0.262 e. The zero-order chi connectivity index (χ0) is 17.9. The van der Waals surface area contributed by atoms with Gasteiger partial charge in [-0.3, -0.25) is 9.59 Å². The maximum Gasteiger partial charge on any atom is 0.262 e. The van der Waals surface area contributed by atoms with E-state index in [9.17, 15) is 9.59 Å². The molecule has 4 rings (SSSR count). The number of amides is 1. The van der Waals surface area contributed by atoms with Crippen molar-refractivity contribution in [3.05, 3.63) is 78.6 Å². The van der Waals surface area contributed by atoms with Gasteiger partial charge in [0.2, 0.25) is 12.3 Å². The average molecular weight is 345 g/mol. The Morgan fingerprint density at radius 2 is 1.85 bits per heavy atom. The maximum absolute atomic E-state index is 12.7. The van der Waals surface area contributed by atoms with Crippen molar-refractivity contribution in [1.29, 1.82) is 0 Å². The van der Waals surface area contributed by atoms with Crippen molar-refractivity contribution < 1.29 is 18.9 Å². The molecule has 3 aromatic rings. The van der Waals surface area contributed by atoms with Crippen LogP contribution in [0, 0.1) is 0 Å². The Hall–Kier alpha value is -3.47. The van der Waals surface area contributed by atoms with E-state index in [0.29, 0.717) is 17.0 Å². The number of ether oxygens (including phenoxy) is 1. The predicted molar refractivity (Wildman–Crippen MR) is 97.0 cm³/mol. The number of anilines is 1. The number of carbonyl (C=O) groups excluding carboxylic acids is 2. The second kappa shape index (κ2) is 6.80. The molecule has 0 unspecified atom stereocenters. The summed E-state index contributed by atoms with van der Waals surface area (Å²) in [5.74, 6) is 0.328. The van der Waals surface area contributed by atoms with Crippen molar-refractivity contribution in [3.63, 3.8) is 0 Å².